The number of benzene rings is 2. The minimum Gasteiger partial charge on any atom is -0.306 e. The number of anilines is 1. The van der Waals surface area contributed by atoms with Gasteiger partial charge in [0.25, 0.3) is 10.0 Å². The lowest BCUT2D eigenvalue weighted by Gasteiger charge is -2.28. The zero-order valence-electron chi connectivity index (χ0n) is 13.5. The quantitative estimate of drug-likeness (QED) is 0.870. The zero-order chi connectivity index (χ0) is 18.9. The molecule has 1 heterocycles. The van der Waals surface area contributed by atoms with Crippen molar-refractivity contribution in [3.8, 4) is 0 Å². The van der Waals surface area contributed by atoms with E-state index in [0.29, 0.717) is 9.87 Å². The van der Waals surface area contributed by atoms with E-state index in [4.69, 9.17) is 0 Å². The number of fused-ring (bicyclic) bond motifs is 1. The van der Waals surface area contributed by atoms with Crippen LogP contribution in [0, 0.1) is 0 Å². The molecule has 0 spiro atoms. The second kappa shape index (κ2) is 6.64. The normalized spacial score (nSPS) is 16.1. The summed E-state index contributed by atoms with van der Waals surface area (Å²) in [4.78, 5) is 12.1. The van der Waals surface area contributed by atoms with Crippen molar-refractivity contribution in [3.63, 3.8) is 0 Å². The van der Waals surface area contributed by atoms with Gasteiger partial charge < -0.3 is 5.32 Å². The van der Waals surface area contributed by atoms with Crippen LogP contribution in [0.25, 0.3) is 0 Å². The van der Waals surface area contributed by atoms with Gasteiger partial charge in [-0.2, -0.15) is 13.2 Å². The van der Waals surface area contributed by atoms with Crippen LogP contribution >= 0.6 is 0 Å². The highest BCUT2D eigenvalue weighted by atomic mass is 32.2. The molecule has 138 valence electrons. The van der Waals surface area contributed by atoms with Crippen molar-refractivity contribution < 1.29 is 26.4 Å². The first-order chi connectivity index (χ1) is 12.2. The van der Waals surface area contributed by atoms with Crippen molar-refractivity contribution in [2.45, 2.75) is 23.9 Å². The van der Waals surface area contributed by atoms with Crippen molar-refractivity contribution in [1.82, 2.24) is 4.31 Å². The molecule has 0 aliphatic carbocycles. The summed E-state index contributed by atoms with van der Waals surface area (Å²) in [5.41, 5.74) is -0.117. The van der Waals surface area contributed by atoms with Gasteiger partial charge in [0.15, 0.2) is 0 Å². The van der Waals surface area contributed by atoms with E-state index in [0.717, 1.165) is 12.1 Å². The lowest BCUT2D eigenvalue weighted by atomic mass is 10.1. The van der Waals surface area contributed by atoms with Gasteiger partial charge in [0, 0.05) is 6.54 Å². The van der Waals surface area contributed by atoms with Gasteiger partial charge in [0.05, 0.1) is 11.3 Å². The zero-order valence-corrected chi connectivity index (χ0v) is 14.3. The molecule has 1 aliphatic heterocycles. The minimum absolute atomic E-state index is 0.00123. The summed E-state index contributed by atoms with van der Waals surface area (Å²) in [6.07, 6.45) is -4.02. The number of aryl methyl sites for hydroxylation is 1. The van der Waals surface area contributed by atoms with E-state index in [9.17, 15) is 26.4 Å². The second-order valence-electron chi connectivity index (χ2n) is 5.81. The molecule has 0 aromatic heterocycles. The van der Waals surface area contributed by atoms with Gasteiger partial charge in [0.2, 0.25) is 0 Å². The third-order valence-corrected chi connectivity index (χ3v) is 5.84. The molecular weight excluding hydrogens is 369 g/mol. The minimum atomic E-state index is -4.43. The van der Waals surface area contributed by atoms with E-state index in [-0.39, 0.29) is 30.0 Å². The van der Waals surface area contributed by atoms with Crippen LogP contribution in [-0.2, 0) is 22.6 Å². The number of nitrogens with one attached hydrogen (secondary N) is 1. The predicted octanol–water partition coefficient (Wildman–Crippen LogP) is 3.87. The summed E-state index contributed by atoms with van der Waals surface area (Å²) in [5.74, 6) is 0. The van der Waals surface area contributed by atoms with Crippen LogP contribution in [0.5, 0.6) is 0 Å². The first-order valence-electron chi connectivity index (χ1n) is 7.78. The lowest BCUT2D eigenvalue weighted by molar-refractivity contribution is -0.137. The largest absolute Gasteiger partial charge is 0.416 e. The molecule has 1 N–H and O–H groups in total. The van der Waals surface area contributed by atoms with Crippen molar-refractivity contribution >= 4 is 21.7 Å². The Morgan fingerprint density at radius 3 is 2.50 bits per heavy atom. The van der Waals surface area contributed by atoms with Gasteiger partial charge in [0.1, 0.15) is 4.90 Å². The van der Waals surface area contributed by atoms with Gasteiger partial charge in [-0.05, 0) is 36.6 Å². The number of para-hydroxylation sites is 1. The van der Waals surface area contributed by atoms with Crippen molar-refractivity contribution in [2.75, 3.05) is 11.9 Å². The summed E-state index contributed by atoms with van der Waals surface area (Å²) in [5, 5.41) is 2.50. The monoisotopic (exact) mass is 384 g/mol. The fraction of sp³-hybridized carbons (Fsp3) is 0.235. The van der Waals surface area contributed by atoms with Crippen LogP contribution in [0.1, 0.15) is 17.5 Å². The van der Waals surface area contributed by atoms with E-state index >= 15 is 0 Å². The molecule has 0 radical (unpaired) electrons. The van der Waals surface area contributed by atoms with Crippen molar-refractivity contribution in [1.29, 1.82) is 0 Å². The number of carbonyl (C=O) groups excluding carboxylic acids is 1. The molecule has 0 unspecified atom stereocenters. The average Bonchev–Trinajstić information content (AvgIpc) is 2.57. The Morgan fingerprint density at radius 1 is 1.04 bits per heavy atom. The number of nitrogens with zero attached hydrogens (tertiary/aromatic N) is 1. The van der Waals surface area contributed by atoms with E-state index < -0.39 is 27.8 Å². The molecule has 0 saturated heterocycles. The highest BCUT2D eigenvalue weighted by Gasteiger charge is 2.36. The number of hydrogen-bond donors (Lipinski definition) is 1. The Bertz CT molecular complexity index is 942. The molecule has 0 atom stereocenters. The van der Waals surface area contributed by atoms with Gasteiger partial charge in [-0.25, -0.2) is 17.5 Å². The van der Waals surface area contributed by atoms with Crippen LogP contribution in [0.3, 0.4) is 0 Å². The van der Waals surface area contributed by atoms with Crippen LogP contribution in [-0.4, -0.2) is 25.3 Å². The van der Waals surface area contributed by atoms with E-state index in [1.807, 2.05) is 0 Å². The standard InChI is InChI=1S/C17H15F3N2O3S/c18-17(19,20)13-7-3-5-12(11-13)6-4-10-22-16(23)21-14-8-1-2-9-15(14)26(22,24)25/h1-3,5,7-9,11H,4,6,10H2,(H,21,23). The first-order valence-corrected chi connectivity index (χ1v) is 9.22. The highest BCUT2D eigenvalue weighted by Crippen LogP contribution is 2.31. The molecule has 0 saturated carbocycles. The maximum atomic E-state index is 12.7. The molecule has 5 nitrogen and oxygen atoms in total. The number of hydrogen-bond acceptors (Lipinski definition) is 3. The Balaban J connectivity index is 1.72. The van der Waals surface area contributed by atoms with Gasteiger partial charge >= 0.3 is 12.2 Å². The summed E-state index contributed by atoms with van der Waals surface area (Å²) < 4.78 is 64.0. The van der Waals surface area contributed by atoms with Gasteiger partial charge in [-0.3, -0.25) is 0 Å². The number of carbonyl (C=O) groups is 1. The first kappa shape index (κ1) is 18.2. The molecule has 0 bridgehead atoms. The van der Waals surface area contributed by atoms with Gasteiger partial charge in [-0.1, -0.05) is 30.3 Å². The van der Waals surface area contributed by atoms with Crippen molar-refractivity contribution in [3.05, 3.63) is 59.7 Å². The molecule has 9 heteroatoms. The summed E-state index contributed by atoms with van der Waals surface area (Å²) >= 11 is 0. The lowest BCUT2D eigenvalue weighted by Crippen LogP contribution is -2.44. The van der Waals surface area contributed by atoms with E-state index in [1.54, 1.807) is 12.1 Å². The maximum absolute atomic E-state index is 12.7. The summed E-state index contributed by atoms with van der Waals surface area (Å²) in [7, 11) is -3.98. The Hall–Kier alpha value is -2.55. The third kappa shape index (κ3) is 3.52. The number of halogens is 3. The topological polar surface area (TPSA) is 66.5 Å². The fourth-order valence-corrected chi connectivity index (χ4v) is 4.27. The highest BCUT2D eigenvalue weighted by molar-refractivity contribution is 7.90. The van der Waals surface area contributed by atoms with E-state index in [1.165, 1.54) is 24.3 Å². The third-order valence-electron chi connectivity index (χ3n) is 4.00. The van der Waals surface area contributed by atoms with Crippen molar-refractivity contribution in [2.24, 2.45) is 0 Å². The van der Waals surface area contributed by atoms with Gasteiger partial charge in [-0.15, -0.1) is 0 Å². The van der Waals surface area contributed by atoms with E-state index in [2.05, 4.69) is 5.32 Å². The second-order valence-corrected chi connectivity index (χ2v) is 7.64. The average molecular weight is 384 g/mol. The number of sulfonamides is 1. The number of alkyl halides is 3. The smallest absolute Gasteiger partial charge is 0.306 e. The number of amides is 2. The summed E-state index contributed by atoms with van der Waals surface area (Å²) in [6.45, 7) is -0.126. The number of urea groups is 1. The maximum Gasteiger partial charge on any atom is 0.416 e. The fourth-order valence-electron chi connectivity index (χ4n) is 2.75. The Morgan fingerprint density at radius 2 is 1.77 bits per heavy atom. The molecular formula is C17H15F3N2O3S. The predicted molar refractivity (Wildman–Crippen MR) is 89.1 cm³/mol. The summed E-state index contributed by atoms with van der Waals surface area (Å²) in [6, 6.07) is 10.1. The Kier molecular flexibility index (Phi) is 4.66. The van der Waals surface area contributed by atoms with Crippen LogP contribution in [0.15, 0.2) is 53.4 Å². The molecule has 26 heavy (non-hydrogen) atoms. The molecule has 2 aromatic rings. The SMILES string of the molecule is O=C1Nc2ccccc2S(=O)(=O)N1CCCc1cccc(C(F)(F)F)c1. The van der Waals surface area contributed by atoms with Crippen LogP contribution in [0.2, 0.25) is 0 Å². The number of rotatable bonds is 4. The molecule has 3 rings (SSSR count). The van der Waals surface area contributed by atoms with Crippen LogP contribution < -0.4 is 5.32 Å². The Labute approximate surface area is 148 Å². The molecule has 2 amide bonds. The molecule has 0 fully saturated rings. The molecule has 1 aliphatic rings. The molecule has 2 aromatic carbocycles. The van der Waals surface area contributed by atoms with Crippen LogP contribution in [0.4, 0.5) is 23.7 Å².